The number of thioether (sulfide) groups is 1. The number of halogens is 1. The first-order valence-corrected chi connectivity index (χ1v) is 6.95. The average molecular weight is 277 g/mol. The third kappa shape index (κ3) is 3.98. The van der Waals surface area contributed by atoms with Gasteiger partial charge in [0.1, 0.15) is 11.6 Å². The second kappa shape index (κ2) is 6.59. The normalized spacial score (nSPS) is 12.2. The van der Waals surface area contributed by atoms with E-state index in [1.54, 1.807) is 31.0 Å². The molecule has 2 rings (SSSR count). The molecular formula is C15H16FNOS. The summed E-state index contributed by atoms with van der Waals surface area (Å²) in [4.78, 5) is 1.01. The van der Waals surface area contributed by atoms with Crippen LogP contribution < -0.4 is 10.5 Å². The van der Waals surface area contributed by atoms with Crippen molar-refractivity contribution in [1.29, 1.82) is 0 Å². The first kappa shape index (κ1) is 13.9. The van der Waals surface area contributed by atoms with Crippen molar-refractivity contribution in [3.8, 4) is 5.75 Å². The van der Waals surface area contributed by atoms with Crippen molar-refractivity contribution in [3.05, 3.63) is 59.9 Å². The van der Waals surface area contributed by atoms with Gasteiger partial charge in [-0.1, -0.05) is 12.1 Å². The van der Waals surface area contributed by atoms with Crippen LogP contribution in [0.3, 0.4) is 0 Å². The predicted molar refractivity (Wildman–Crippen MR) is 77.0 cm³/mol. The minimum Gasteiger partial charge on any atom is -0.497 e. The molecule has 19 heavy (non-hydrogen) atoms. The van der Waals surface area contributed by atoms with E-state index in [1.165, 1.54) is 12.1 Å². The van der Waals surface area contributed by atoms with Gasteiger partial charge in [-0.25, -0.2) is 4.39 Å². The molecule has 2 N–H and O–H groups in total. The maximum atomic E-state index is 12.8. The highest BCUT2D eigenvalue weighted by molar-refractivity contribution is 7.99. The molecule has 100 valence electrons. The van der Waals surface area contributed by atoms with Crippen LogP contribution in [0, 0.1) is 5.82 Å². The van der Waals surface area contributed by atoms with E-state index >= 15 is 0 Å². The number of nitrogens with two attached hydrogens (primary N) is 1. The highest BCUT2D eigenvalue weighted by Crippen LogP contribution is 2.25. The zero-order valence-corrected chi connectivity index (χ0v) is 11.5. The summed E-state index contributed by atoms with van der Waals surface area (Å²) in [6.45, 7) is 0. The summed E-state index contributed by atoms with van der Waals surface area (Å²) in [6.07, 6.45) is 0. The Morgan fingerprint density at radius 2 is 1.95 bits per heavy atom. The molecule has 2 aromatic rings. The monoisotopic (exact) mass is 277 g/mol. The molecule has 0 amide bonds. The maximum absolute atomic E-state index is 12.8. The van der Waals surface area contributed by atoms with E-state index in [-0.39, 0.29) is 11.9 Å². The summed E-state index contributed by atoms with van der Waals surface area (Å²) < 4.78 is 18.0. The lowest BCUT2D eigenvalue weighted by Gasteiger charge is -2.12. The quantitative estimate of drug-likeness (QED) is 0.848. The van der Waals surface area contributed by atoms with Crippen molar-refractivity contribution in [2.24, 2.45) is 5.73 Å². The van der Waals surface area contributed by atoms with E-state index in [1.807, 2.05) is 24.3 Å². The van der Waals surface area contributed by atoms with E-state index in [2.05, 4.69) is 0 Å². The standard InChI is InChI=1S/C15H16FNOS/c1-18-13-4-2-3-11(9-13)15(17)10-19-14-7-5-12(16)6-8-14/h2-9,15H,10,17H2,1H3. The van der Waals surface area contributed by atoms with Crippen molar-refractivity contribution in [1.82, 2.24) is 0 Å². The molecule has 0 aliphatic carbocycles. The van der Waals surface area contributed by atoms with Gasteiger partial charge in [0, 0.05) is 16.7 Å². The lowest BCUT2D eigenvalue weighted by Crippen LogP contribution is -2.12. The molecule has 0 fully saturated rings. The second-order valence-electron chi connectivity index (χ2n) is 4.15. The molecule has 0 aliphatic rings. The molecule has 2 aromatic carbocycles. The lowest BCUT2D eigenvalue weighted by molar-refractivity contribution is 0.414. The van der Waals surface area contributed by atoms with Gasteiger partial charge in [0.15, 0.2) is 0 Å². The van der Waals surface area contributed by atoms with Crippen molar-refractivity contribution in [2.75, 3.05) is 12.9 Å². The molecular weight excluding hydrogens is 261 g/mol. The first-order chi connectivity index (χ1) is 9.19. The van der Waals surface area contributed by atoms with Gasteiger partial charge < -0.3 is 10.5 Å². The maximum Gasteiger partial charge on any atom is 0.123 e. The van der Waals surface area contributed by atoms with Gasteiger partial charge in [0.25, 0.3) is 0 Å². The Bertz CT molecular complexity index is 530. The zero-order valence-electron chi connectivity index (χ0n) is 10.7. The van der Waals surface area contributed by atoms with E-state index in [0.29, 0.717) is 0 Å². The number of hydrogen-bond acceptors (Lipinski definition) is 3. The highest BCUT2D eigenvalue weighted by atomic mass is 32.2. The molecule has 0 aromatic heterocycles. The molecule has 4 heteroatoms. The molecule has 2 nitrogen and oxygen atoms in total. The minimum absolute atomic E-state index is 0.0786. The minimum atomic E-state index is -0.221. The fourth-order valence-electron chi connectivity index (χ4n) is 1.69. The second-order valence-corrected chi connectivity index (χ2v) is 5.24. The third-order valence-corrected chi connectivity index (χ3v) is 3.90. The van der Waals surface area contributed by atoms with Crippen LogP contribution in [0.4, 0.5) is 4.39 Å². The van der Waals surface area contributed by atoms with Gasteiger partial charge in [0.05, 0.1) is 7.11 Å². The van der Waals surface area contributed by atoms with Crippen LogP contribution in [0.2, 0.25) is 0 Å². The Morgan fingerprint density at radius 3 is 2.63 bits per heavy atom. The average Bonchev–Trinajstić information content (AvgIpc) is 2.46. The molecule has 0 heterocycles. The van der Waals surface area contributed by atoms with Gasteiger partial charge in [0.2, 0.25) is 0 Å². The van der Waals surface area contributed by atoms with Crippen molar-refractivity contribution in [3.63, 3.8) is 0 Å². The molecule has 0 spiro atoms. The number of methoxy groups -OCH3 is 1. The van der Waals surface area contributed by atoms with Crippen LogP contribution in [0.25, 0.3) is 0 Å². The van der Waals surface area contributed by atoms with Crippen LogP contribution >= 0.6 is 11.8 Å². The molecule has 0 saturated heterocycles. The third-order valence-electron chi connectivity index (χ3n) is 2.77. The smallest absolute Gasteiger partial charge is 0.123 e. The Labute approximate surface area is 116 Å². The van der Waals surface area contributed by atoms with E-state index < -0.39 is 0 Å². The van der Waals surface area contributed by atoms with Gasteiger partial charge in [-0.3, -0.25) is 0 Å². The van der Waals surface area contributed by atoms with Crippen molar-refractivity contribution in [2.45, 2.75) is 10.9 Å². The van der Waals surface area contributed by atoms with Crippen LogP contribution in [-0.4, -0.2) is 12.9 Å². The van der Waals surface area contributed by atoms with Gasteiger partial charge >= 0.3 is 0 Å². The summed E-state index contributed by atoms with van der Waals surface area (Å²) in [6, 6.07) is 14.1. The summed E-state index contributed by atoms with van der Waals surface area (Å²) in [7, 11) is 1.64. The van der Waals surface area contributed by atoms with E-state index in [4.69, 9.17) is 10.5 Å². The van der Waals surface area contributed by atoms with Gasteiger partial charge in [-0.15, -0.1) is 11.8 Å². The number of benzene rings is 2. The number of ether oxygens (including phenoxy) is 1. The summed E-state index contributed by atoms with van der Waals surface area (Å²) in [5, 5.41) is 0. The highest BCUT2D eigenvalue weighted by Gasteiger charge is 2.07. The topological polar surface area (TPSA) is 35.2 Å². The summed E-state index contributed by atoms with van der Waals surface area (Å²) >= 11 is 1.61. The van der Waals surface area contributed by atoms with Crippen molar-refractivity contribution >= 4 is 11.8 Å². The van der Waals surface area contributed by atoms with Gasteiger partial charge in [-0.2, -0.15) is 0 Å². The number of rotatable bonds is 5. The summed E-state index contributed by atoms with van der Waals surface area (Å²) in [5.74, 6) is 1.32. The SMILES string of the molecule is COc1cccc(C(N)CSc2ccc(F)cc2)c1. The predicted octanol–water partition coefficient (Wildman–Crippen LogP) is 3.63. The van der Waals surface area contributed by atoms with Crippen molar-refractivity contribution < 1.29 is 9.13 Å². The van der Waals surface area contributed by atoms with E-state index in [9.17, 15) is 4.39 Å². The van der Waals surface area contributed by atoms with Gasteiger partial charge in [-0.05, 0) is 42.0 Å². The first-order valence-electron chi connectivity index (χ1n) is 5.97. The molecule has 0 radical (unpaired) electrons. The van der Waals surface area contributed by atoms with Crippen LogP contribution in [-0.2, 0) is 0 Å². The largest absolute Gasteiger partial charge is 0.497 e. The zero-order chi connectivity index (χ0) is 13.7. The molecule has 0 bridgehead atoms. The van der Waals surface area contributed by atoms with Crippen LogP contribution in [0.5, 0.6) is 5.75 Å². The summed E-state index contributed by atoms with van der Waals surface area (Å²) in [5.41, 5.74) is 7.18. The molecule has 1 unspecified atom stereocenters. The molecule has 0 saturated carbocycles. The lowest BCUT2D eigenvalue weighted by atomic mass is 10.1. The molecule has 1 atom stereocenters. The number of hydrogen-bond donors (Lipinski definition) is 1. The van der Waals surface area contributed by atoms with E-state index in [0.717, 1.165) is 22.0 Å². The van der Waals surface area contributed by atoms with Crippen LogP contribution in [0.15, 0.2) is 53.4 Å². The molecule has 0 aliphatic heterocycles. The Hall–Kier alpha value is -1.52. The van der Waals surface area contributed by atoms with Crippen LogP contribution in [0.1, 0.15) is 11.6 Å². The Balaban J connectivity index is 1.96. The Kier molecular flexibility index (Phi) is 4.82. The Morgan fingerprint density at radius 1 is 1.21 bits per heavy atom. The fraction of sp³-hybridized carbons (Fsp3) is 0.200. The fourth-order valence-corrected chi connectivity index (χ4v) is 2.58.